The van der Waals surface area contributed by atoms with Gasteiger partial charge in [0.1, 0.15) is 5.69 Å². The summed E-state index contributed by atoms with van der Waals surface area (Å²) in [5.74, 6) is -0.306. The van der Waals surface area contributed by atoms with Gasteiger partial charge in [0.25, 0.3) is 5.91 Å². The molecule has 0 fully saturated rings. The number of halogens is 3. The van der Waals surface area contributed by atoms with Crippen LogP contribution >= 0.6 is 0 Å². The van der Waals surface area contributed by atoms with Gasteiger partial charge in [-0.2, -0.15) is 23.3 Å². The van der Waals surface area contributed by atoms with E-state index in [2.05, 4.69) is 20.6 Å². The normalized spacial score (nSPS) is 11.6. The molecule has 0 aliphatic rings. The molecule has 1 N–H and O–H groups in total. The van der Waals surface area contributed by atoms with E-state index in [1.54, 1.807) is 18.2 Å². The molecule has 3 aromatic rings. The van der Waals surface area contributed by atoms with Gasteiger partial charge in [-0.1, -0.05) is 22.9 Å². The van der Waals surface area contributed by atoms with Gasteiger partial charge in [-0.25, -0.2) is 0 Å². The van der Waals surface area contributed by atoms with Crippen molar-refractivity contribution in [2.45, 2.75) is 19.6 Å². The topological polar surface area (TPSA) is 85.8 Å². The number of nitrogens with one attached hydrogen (secondary N) is 1. The van der Waals surface area contributed by atoms with E-state index >= 15 is 0 Å². The Bertz CT molecular complexity index is 946. The highest BCUT2D eigenvalue weighted by atomic mass is 19.4. The van der Waals surface area contributed by atoms with Crippen LogP contribution in [0.25, 0.3) is 11.5 Å². The van der Waals surface area contributed by atoms with Gasteiger partial charge in [-0.3, -0.25) is 9.48 Å². The lowest BCUT2D eigenvalue weighted by atomic mass is 10.1. The standard InChI is InChI=1S/C16H14F3N5O2/c1-9-4-3-5-10(6-9)15(25)20-8-13-21-14(23-26-13)11-7-12(16(17,18)19)22-24(11)2/h3-7H,8H2,1-2H3,(H,20,25). The van der Waals surface area contributed by atoms with E-state index in [1.165, 1.54) is 7.05 Å². The third-order valence-electron chi connectivity index (χ3n) is 3.55. The number of benzene rings is 1. The summed E-state index contributed by atoms with van der Waals surface area (Å²) in [4.78, 5) is 16.1. The van der Waals surface area contributed by atoms with Crippen molar-refractivity contribution in [1.82, 2.24) is 25.2 Å². The van der Waals surface area contributed by atoms with Crippen molar-refractivity contribution in [1.29, 1.82) is 0 Å². The summed E-state index contributed by atoms with van der Waals surface area (Å²) in [7, 11) is 1.35. The van der Waals surface area contributed by atoms with Gasteiger partial charge in [0.05, 0.1) is 6.54 Å². The van der Waals surface area contributed by atoms with Crippen molar-refractivity contribution in [3.8, 4) is 11.5 Å². The largest absolute Gasteiger partial charge is 0.435 e. The van der Waals surface area contributed by atoms with Gasteiger partial charge in [-0.15, -0.1) is 0 Å². The first-order valence-corrected chi connectivity index (χ1v) is 7.53. The first-order valence-electron chi connectivity index (χ1n) is 7.53. The minimum atomic E-state index is -4.57. The lowest BCUT2D eigenvalue weighted by molar-refractivity contribution is -0.141. The molecular weight excluding hydrogens is 351 g/mol. The fourth-order valence-corrected chi connectivity index (χ4v) is 2.29. The monoisotopic (exact) mass is 365 g/mol. The van der Waals surface area contributed by atoms with Gasteiger partial charge < -0.3 is 9.84 Å². The number of rotatable bonds is 4. The smallest absolute Gasteiger partial charge is 0.343 e. The van der Waals surface area contributed by atoms with E-state index < -0.39 is 11.9 Å². The van der Waals surface area contributed by atoms with E-state index in [4.69, 9.17) is 4.52 Å². The molecule has 0 aliphatic carbocycles. The molecule has 2 aromatic heterocycles. The lowest BCUT2D eigenvalue weighted by Gasteiger charge is -2.02. The molecule has 0 bridgehead atoms. The average molecular weight is 365 g/mol. The second-order valence-corrected chi connectivity index (χ2v) is 5.60. The van der Waals surface area contributed by atoms with Crippen molar-refractivity contribution in [3.63, 3.8) is 0 Å². The van der Waals surface area contributed by atoms with Crippen LogP contribution in [0.3, 0.4) is 0 Å². The van der Waals surface area contributed by atoms with Gasteiger partial charge in [0, 0.05) is 12.6 Å². The Balaban J connectivity index is 1.71. The van der Waals surface area contributed by atoms with Crippen LogP contribution in [0.2, 0.25) is 0 Å². The van der Waals surface area contributed by atoms with E-state index in [0.29, 0.717) is 5.56 Å². The molecule has 0 radical (unpaired) electrons. The number of alkyl halides is 3. The van der Waals surface area contributed by atoms with Crippen molar-refractivity contribution in [2.75, 3.05) is 0 Å². The molecule has 0 atom stereocenters. The van der Waals surface area contributed by atoms with E-state index in [-0.39, 0.29) is 29.9 Å². The average Bonchev–Trinajstić information content (AvgIpc) is 3.18. The Morgan fingerprint density at radius 1 is 1.31 bits per heavy atom. The van der Waals surface area contributed by atoms with Crippen LogP contribution in [0.15, 0.2) is 34.9 Å². The van der Waals surface area contributed by atoms with E-state index in [1.807, 2.05) is 13.0 Å². The van der Waals surface area contributed by atoms with E-state index in [9.17, 15) is 18.0 Å². The maximum absolute atomic E-state index is 12.7. The predicted octanol–water partition coefficient (Wildman–Crippen LogP) is 2.73. The van der Waals surface area contributed by atoms with Crippen molar-refractivity contribution < 1.29 is 22.5 Å². The highest BCUT2D eigenvalue weighted by Gasteiger charge is 2.35. The molecule has 1 aromatic carbocycles. The molecule has 2 heterocycles. The summed E-state index contributed by atoms with van der Waals surface area (Å²) < 4.78 is 44.1. The zero-order chi connectivity index (χ0) is 18.9. The fraction of sp³-hybridized carbons (Fsp3) is 0.250. The third-order valence-corrected chi connectivity index (χ3v) is 3.55. The quantitative estimate of drug-likeness (QED) is 0.768. The number of amides is 1. The number of hydrogen-bond donors (Lipinski definition) is 1. The number of carbonyl (C=O) groups is 1. The van der Waals surface area contributed by atoms with Crippen LogP contribution in [0, 0.1) is 6.92 Å². The van der Waals surface area contributed by atoms with Crippen LogP contribution in [-0.2, 0) is 19.8 Å². The Morgan fingerprint density at radius 2 is 2.08 bits per heavy atom. The first-order chi connectivity index (χ1) is 12.2. The second-order valence-electron chi connectivity index (χ2n) is 5.60. The van der Waals surface area contributed by atoms with Crippen LogP contribution in [0.1, 0.15) is 27.5 Å². The highest BCUT2D eigenvalue weighted by Crippen LogP contribution is 2.30. The molecule has 136 valence electrons. The van der Waals surface area contributed by atoms with Crippen LogP contribution in [-0.4, -0.2) is 25.8 Å². The summed E-state index contributed by atoms with van der Waals surface area (Å²) in [6, 6.07) is 7.85. The number of hydrogen-bond acceptors (Lipinski definition) is 5. The fourth-order valence-electron chi connectivity index (χ4n) is 2.29. The molecule has 3 rings (SSSR count). The lowest BCUT2D eigenvalue weighted by Crippen LogP contribution is -2.22. The number of aromatic nitrogens is 4. The summed E-state index contributed by atoms with van der Waals surface area (Å²) in [6.07, 6.45) is -4.57. The van der Waals surface area contributed by atoms with Crippen LogP contribution in [0.4, 0.5) is 13.2 Å². The van der Waals surface area contributed by atoms with Crippen LogP contribution in [0.5, 0.6) is 0 Å². The Morgan fingerprint density at radius 3 is 2.73 bits per heavy atom. The minimum absolute atomic E-state index is 0.0460. The third kappa shape index (κ3) is 3.73. The van der Waals surface area contributed by atoms with Gasteiger partial charge in [-0.05, 0) is 25.1 Å². The van der Waals surface area contributed by atoms with E-state index in [0.717, 1.165) is 16.3 Å². The van der Waals surface area contributed by atoms with Gasteiger partial charge in [0.15, 0.2) is 5.69 Å². The second kappa shape index (κ2) is 6.62. The number of nitrogens with zero attached hydrogens (tertiary/aromatic N) is 4. The van der Waals surface area contributed by atoms with Crippen molar-refractivity contribution in [2.24, 2.45) is 7.05 Å². The summed E-state index contributed by atoms with van der Waals surface area (Å²) in [6.45, 7) is 1.81. The minimum Gasteiger partial charge on any atom is -0.343 e. The van der Waals surface area contributed by atoms with Crippen LogP contribution < -0.4 is 5.32 Å². The van der Waals surface area contributed by atoms with Crippen molar-refractivity contribution in [3.05, 3.63) is 53.0 Å². The maximum Gasteiger partial charge on any atom is 0.435 e. The molecule has 0 saturated carbocycles. The predicted molar refractivity (Wildman–Crippen MR) is 83.9 cm³/mol. The molecule has 0 saturated heterocycles. The summed E-state index contributed by atoms with van der Waals surface area (Å²) in [5.41, 5.74) is 0.423. The number of carbonyl (C=O) groups excluding carboxylic acids is 1. The Labute approximate surface area is 145 Å². The molecule has 7 nitrogen and oxygen atoms in total. The first kappa shape index (κ1) is 17.6. The molecular formula is C16H14F3N5O2. The Kier molecular flexibility index (Phi) is 4.49. The summed E-state index contributed by atoms with van der Waals surface area (Å²) in [5, 5.41) is 9.65. The number of aryl methyl sites for hydroxylation is 2. The molecule has 1 amide bonds. The zero-order valence-electron chi connectivity index (χ0n) is 13.8. The highest BCUT2D eigenvalue weighted by molar-refractivity contribution is 5.94. The zero-order valence-corrected chi connectivity index (χ0v) is 13.8. The molecule has 0 spiro atoms. The molecule has 26 heavy (non-hydrogen) atoms. The maximum atomic E-state index is 12.7. The molecule has 10 heteroatoms. The molecule has 0 aliphatic heterocycles. The van der Waals surface area contributed by atoms with Crippen molar-refractivity contribution >= 4 is 5.91 Å². The molecule has 0 unspecified atom stereocenters. The summed E-state index contributed by atoms with van der Waals surface area (Å²) >= 11 is 0. The Hall–Kier alpha value is -3.17. The van der Waals surface area contributed by atoms with Gasteiger partial charge >= 0.3 is 6.18 Å². The van der Waals surface area contributed by atoms with Gasteiger partial charge in [0.2, 0.25) is 11.7 Å². The SMILES string of the molecule is Cc1cccc(C(=O)NCc2nc(-c3cc(C(F)(F)F)nn3C)no2)c1.